The van der Waals surface area contributed by atoms with E-state index in [9.17, 15) is 19.2 Å². The predicted octanol–water partition coefficient (Wildman–Crippen LogP) is 9.19. The molecule has 0 saturated carbocycles. The summed E-state index contributed by atoms with van der Waals surface area (Å²) in [5.41, 5.74) is 2.61. The fraction of sp³-hybridized carbons (Fsp3) is 0.167. The maximum absolute atomic E-state index is 10.9. The van der Waals surface area contributed by atoms with E-state index in [1.54, 1.807) is 31.4 Å². The minimum atomic E-state index is -1.10. The molecule has 6 aromatic rings. The number of Topliss-reactive ketones (excluding diaryl/α,β-unsaturated/α-hetero) is 2. The van der Waals surface area contributed by atoms with Gasteiger partial charge in [0.2, 0.25) is 0 Å². The molecule has 0 atom stereocenters. The van der Waals surface area contributed by atoms with Crippen LogP contribution in [0, 0.1) is 6.92 Å². The van der Waals surface area contributed by atoms with Gasteiger partial charge < -0.3 is 29.2 Å². The number of ketones is 2. The highest BCUT2D eigenvalue weighted by atomic mass is 16.5. The van der Waals surface area contributed by atoms with E-state index in [0.29, 0.717) is 37.6 Å². The van der Waals surface area contributed by atoms with Gasteiger partial charge in [-0.05, 0) is 81.4 Å². The first-order valence-electron chi connectivity index (χ1n) is 18.3. The monoisotopic (exact) mass is 787 g/mol. The molecule has 0 fully saturated rings. The van der Waals surface area contributed by atoms with Crippen molar-refractivity contribution in [3.8, 4) is 17.2 Å². The van der Waals surface area contributed by atoms with Crippen LogP contribution in [0.25, 0.3) is 0 Å². The predicted molar refractivity (Wildman–Crippen MR) is 227 cm³/mol. The number of carboxylic acid groups (broad SMARTS) is 1. The Labute approximate surface area is 340 Å². The van der Waals surface area contributed by atoms with Crippen molar-refractivity contribution in [2.75, 3.05) is 33.5 Å². The van der Waals surface area contributed by atoms with E-state index < -0.39 is 11.9 Å². The lowest BCUT2D eigenvalue weighted by Gasteiger charge is -2.07. The molecule has 10 heteroatoms. The van der Waals surface area contributed by atoms with E-state index >= 15 is 0 Å². The maximum Gasteiger partial charge on any atom is 0.549 e. The molecule has 302 valence electrons. The van der Waals surface area contributed by atoms with Crippen LogP contribution in [0.2, 0.25) is 0 Å². The van der Waals surface area contributed by atoms with Gasteiger partial charge in [-0.25, -0.2) is 4.79 Å². The number of carboxylic acids is 1. The van der Waals surface area contributed by atoms with Crippen LogP contribution in [-0.4, -0.2) is 67.3 Å². The molecule has 0 aromatic heterocycles. The van der Waals surface area contributed by atoms with Crippen LogP contribution in [0.4, 0.5) is 0 Å². The van der Waals surface area contributed by atoms with Gasteiger partial charge in [0, 0.05) is 23.0 Å². The Balaban J connectivity index is 0.000000255. The third-order valence-electron chi connectivity index (χ3n) is 7.39. The van der Waals surface area contributed by atoms with Gasteiger partial charge in [0.1, 0.15) is 42.6 Å². The number of aryl methyl sites for hydroxylation is 1. The Morgan fingerprint density at radius 1 is 0.466 bits per heavy atom. The number of methoxy groups -OCH3 is 1. The molecule has 0 aliphatic carbocycles. The molecule has 0 bridgehead atoms. The number of ether oxygens (including phenoxy) is 4. The van der Waals surface area contributed by atoms with Crippen molar-refractivity contribution in [3.63, 3.8) is 0 Å². The van der Waals surface area contributed by atoms with Crippen LogP contribution in [0.15, 0.2) is 170 Å². The van der Waals surface area contributed by atoms with Crippen LogP contribution in [0.5, 0.6) is 17.2 Å². The van der Waals surface area contributed by atoms with Crippen molar-refractivity contribution in [2.24, 2.45) is 0 Å². The smallest absolute Gasteiger partial charge is 0.549 e. The van der Waals surface area contributed by atoms with Crippen molar-refractivity contribution >= 4 is 23.5 Å². The largest absolute Gasteiger partial charge is 0.561 e. The second kappa shape index (κ2) is 28.4. The van der Waals surface area contributed by atoms with Crippen molar-refractivity contribution < 1.29 is 48.3 Å². The summed E-state index contributed by atoms with van der Waals surface area (Å²) < 4.78 is 21.2. The summed E-state index contributed by atoms with van der Waals surface area (Å²) in [6.07, 6.45) is 0. The Kier molecular flexibility index (Phi) is 23.1. The van der Waals surface area contributed by atoms with E-state index in [2.05, 4.69) is 19.1 Å². The lowest BCUT2D eigenvalue weighted by molar-refractivity contribution is 0.0696. The van der Waals surface area contributed by atoms with Gasteiger partial charge in [-0.3, -0.25) is 9.59 Å². The number of benzene rings is 6. The van der Waals surface area contributed by atoms with Gasteiger partial charge in [0.05, 0.1) is 12.2 Å². The second-order valence-corrected chi connectivity index (χ2v) is 12.0. The fourth-order valence-electron chi connectivity index (χ4n) is 4.40. The molecular weight excluding hydrogens is 737 g/mol. The fourth-order valence-corrected chi connectivity index (χ4v) is 4.40. The lowest BCUT2D eigenvalue weighted by Crippen LogP contribution is -2.08. The van der Waals surface area contributed by atoms with E-state index in [4.69, 9.17) is 29.2 Å². The number of hydrogen-bond acceptors (Lipinski definition) is 8. The standard InChI is InChI=1S/C14H14O2.C10H10O2.C9H12O2.C8H6O4.C7H8/c1-3-7-13(8-4-1)15-11-12-16-14-9-5-2-6-10-14;1-7(11)9-4-3-5-10(6-9)8(2)12;1-10-7-8-11-9-5-3-2-4-6-9;9-7(10)5-2-1-3-6(4-5)8(11)12;1-7-5-3-2-4-6-7/h1-10H,11-12H2;3-6H,1-2H3;2-6H,7-8H2,1H3;1-4H,(H,9,10)(H,11,12);2-6H,1H3/p+1. The zero-order valence-electron chi connectivity index (χ0n) is 33.2. The van der Waals surface area contributed by atoms with Crippen LogP contribution in [-0.2, 0) is 4.74 Å². The number of para-hydroxylation sites is 3. The van der Waals surface area contributed by atoms with Gasteiger partial charge in [-0.2, -0.15) is 0 Å². The first kappa shape index (κ1) is 47.1. The Hall–Kier alpha value is -7.04. The molecule has 0 saturated heterocycles. The minimum absolute atomic E-state index is 0.0156. The van der Waals surface area contributed by atoms with E-state index in [1.807, 2.05) is 109 Å². The van der Waals surface area contributed by atoms with Crippen LogP contribution in [0.3, 0.4) is 0 Å². The topological polar surface area (TPSA) is 148 Å². The van der Waals surface area contributed by atoms with E-state index in [1.165, 1.54) is 43.7 Å². The van der Waals surface area contributed by atoms with Gasteiger partial charge in [-0.15, -0.1) is 0 Å². The quantitative estimate of drug-likeness (QED) is 0.0687. The molecule has 0 spiro atoms. The third-order valence-corrected chi connectivity index (χ3v) is 7.39. The summed E-state index contributed by atoms with van der Waals surface area (Å²) in [7, 11) is 1.66. The summed E-state index contributed by atoms with van der Waals surface area (Å²) in [6, 6.07) is 51.6. The molecule has 6 rings (SSSR count). The average molecular weight is 788 g/mol. The molecular formula is C48H51O10+. The van der Waals surface area contributed by atoms with Crippen LogP contribution < -0.4 is 14.2 Å². The molecule has 6 aromatic carbocycles. The number of hydrogen-bond donors (Lipinski definition) is 1. The van der Waals surface area contributed by atoms with E-state index in [0.717, 1.165) is 17.2 Å². The van der Waals surface area contributed by atoms with Gasteiger partial charge in [0.25, 0.3) is 0 Å². The molecule has 0 radical (unpaired) electrons. The lowest BCUT2D eigenvalue weighted by atomic mass is 10.1. The highest BCUT2D eigenvalue weighted by Crippen LogP contribution is 2.11. The summed E-state index contributed by atoms with van der Waals surface area (Å²) >= 11 is 0. The zero-order chi connectivity index (χ0) is 42.4. The number of aromatic carboxylic acids is 1. The molecule has 0 amide bonds. The van der Waals surface area contributed by atoms with Gasteiger partial charge >= 0.3 is 11.9 Å². The minimum Gasteiger partial charge on any atom is -0.561 e. The highest BCUT2D eigenvalue weighted by Gasteiger charge is 2.13. The summed E-state index contributed by atoms with van der Waals surface area (Å²) in [6.45, 7) is 7.41. The van der Waals surface area contributed by atoms with Crippen LogP contribution >= 0.6 is 0 Å². The molecule has 0 aliphatic heterocycles. The summed E-state index contributed by atoms with van der Waals surface area (Å²) in [4.78, 5) is 42.7. The highest BCUT2D eigenvalue weighted by molar-refractivity contribution is 5.99. The Morgan fingerprint density at radius 3 is 1.10 bits per heavy atom. The van der Waals surface area contributed by atoms with Gasteiger partial charge in [-0.1, -0.05) is 115 Å². The number of carbonyl (C=O) groups is 4. The molecule has 0 heterocycles. The van der Waals surface area contributed by atoms with Crippen LogP contribution in [0.1, 0.15) is 60.8 Å². The summed E-state index contributed by atoms with van der Waals surface area (Å²) in [5, 5.41) is 15.2. The third kappa shape index (κ3) is 21.2. The SMILES string of the molecule is CC(=O)c1cccc(C(C)=O)c1.COCCOc1ccccc1.Cc1ccccc1.O=C(O)c1cccc(C(=O)[OH2+])c1.c1ccc(OCCOc2ccccc2)cc1. The molecule has 3 N–H and O–H groups in total. The molecule has 58 heavy (non-hydrogen) atoms. The van der Waals surface area contributed by atoms with Gasteiger partial charge in [0.15, 0.2) is 11.6 Å². The summed E-state index contributed by atoms with van der Waals surface area (Å²) in [5.74, 6) is 0.635. The van der Waals surface area contributed by atoms with Crippen molar-refractivity contribution in [2.45, 2.75) is 20.8 Å². The van der Waals surface area contributed by atoms with Crippen molar-refractivity contribution in [1.82, 2.24) is 0 Å². The molecule has 10 nitrogen and oxygen atoms in total. The number of carbonyl (C=O) groups excluding carboxylic acids is 3. The number of rotatable bonds is 13. The molecule has 0 unspecified atom stereocenters. The molecule has 0 aliphatic rings. The maximum atomic E-state index is 10.9. The Morgan fingerprint density at radius 2 is 0.793 bits per heavy atom. The normalized spacial score (nSPS) is 9.45. The van der Waals surface area contributed by atoms with Crippen molar-refractivity contribution in [3.05, 3.63) is 198 Å². The van der Waals surface area contributed by atoms with E-state index in [-0.39, 0.29) is 22.7 Å². The Bertz CT molecular complexity index is 1890. The zero-order valence-corrected chi connectivity index (χ0v) is 33.2. The first-order chi connectivity index (χ1) is 28.0. The average Bonchev–Trinajstić information content (AvgIpc) is 3.25. The van der Waals surface area contributed by atoms with Crippen molar-refractivity contribution in [1.29, 1.82) is 0 Å². The second-order valence-electron chi connectivity index (χ2n) is 12.0. The first-order valence-corrected chi connectivity index (χ1v) is 18.3.